The Kier molecular flexibility index (Phi) is 8.43. The molecule has 0 unspecified atom stereocenters. The molecule has 2 aromatic rings. The van der Waals surface area contributed by atoms with Crippen molar-refractivity contribution in [1.29, 1.82) is 0 Å². The van der Waals surface area contributed by atoms with Gasteiger partial charge in [-0.1, -0.05) is 6.07 Å². The number of sulfonamides is 1. The standard InChI is InChI=1S/C23H28N2O7S/c1-17(26)18-8-9-21(22(15-18)30-2)32-12-4-7-23(27)24-19-5-3-6-20(16-19)33(28,29)25-10-13-31-14-11-25/h3,5-6,8-9,15-16H,4,7,10-14H2,1-2H3,(H,24,27). The molecule has 3 rings (SSSR count). The molecule has 1 aliphatic heterocycles. The largest absolute Gasteiger partial charge is 0.493 e. The summed E-state index contributed by atoms with van der Waals surface area (Å²) >= 11 is 0. The topological polar surface area (TPSA) is 111 Å². The summed E-state index contributed by atoms with van der Waals surface area (Å²) in [4.78, 5) is 23.9. The van der Waals surface area contributed by atoms with Gasteiger partial charge in [0, 0.05) is 30.8 Å². The second-order valence-corrected chi connectivity index (χ2v) is 9.40. The number of hydrogen-bond acceptors (Lipinski definition) is 7. The minimum Gasteiger partial charge on any atom is -0.493 e. The predicted molar refractivity (Wildman–Crippen MR) is 122 cm³/mol. The van der Waals surface area contributed by atoms with Crippen LogP contribution in [0.3, 0.4) is 0 Å². The Labute approximate surface area is 193 Å². The number of carbonyl (C=O) groups is 2. The lowest BCUT2D eigenvalue weighted by Gasteiger charge is -2.26. The molecule has 10 heteroatoms. The molecule has 0 radical (unpaired) electrons. The van der Waals surface area contributed by atoms with E-state index < -0.39 is 10.0 Å². The second kappa shape index (κ2) is 11.3. The molecule has 0 aromatic heterocycles. The first-order valence-corrected chi connectivity index (χ1v) is 12.0. The highest BCUT2D eigenvalue weighted by Gasteiger charge is 2.26. The Morgan fingerprint density at radius 2 is 1.85 bits per heavy atom. The highest BCUT2D eigenvalue weighted by Crippen LogP contribution is 2.28. The van der Waals surface area contributed by atoms with E-state index in [0.717, 1.165) is 0 Å². The highest BCUT2D eigenvalue weighted by atomic mass is 32.2. The molecule has 1 amide bonds. The molecule has 2 aromatic carbocycles. The zero-order valence-corrected chi connectivity index (χ0v) is 19.5. The second-order valence-electron chi connectivity index (χ2n) is 7.47. The van der Waals surface area contributed by atoms with E-state index in [1.807, 2.05) is 0 Å². The predicted octanol–water partition coefficient (Wildman–Crippen LogP) is 2.72. The molecule has 33 heavy (non-hydrogen) atoms. The van der Waals surface area contributed by atoms with Crippen molar-refractivity contribution in [2.24, 2.45) is 0 Å². The Hall–Kier alpha value is -2.95. The van der Waals surface area contributed by atoms with Crippen molar-refractivity contribution in [3.63, 3.8) is 0 Å². The molecule has 178 valence electrons. The fraction of sp³-hybridized carbons (Fsp3) is 0.391. The van der Waals surface area contributed by atoms with Gasteiger partial charge in [-0.3, -0.25) is 9.59 Å². The molecule has 0 aliphatic carbocycles. The van der Waals surface area contributed by atoms with Crippen molar-refractivity contribution in [1.82, 2.24) is 4.31 Å². The van der Waals surface area contributed by atoms with E-state index >= 15 is 0 Å². The Bertz CT molecular complexity index is 1100. The van der Waals surface area contributed by atoms with Gasteiger partial charge in [0.05, 0.1) is 31.8 Å². The van der Waals surface area contributed by atoms with Crippen molar-refractivity contribution in [2.75, 3.05) is 45.3 Å². The summed E-state index contributed by atoms with van der Waals surface area (Å²) in [6, 6.07) is 11.2. The van der Waals surface area contributed by atoms with Gasteiger partial charge in [0.2, 0.25) is 15.9 Å². The van der Waals surface area contributed by atoms with E-state index in [4.69, 9.17) is 14.2 Å². The van der Waals surface area contributed by atoms with Crippen LogP contribution in [0.4, 0.5) is 5.69 Å². The fourth-order valence-corrected chi connectivity index (χ4v) is 4.77. The summed E-state index contributed by atoms with van der Waals surface area (Å²) in [5, 5.41) is 2.73. The molecule has 9 nitrogen and oxygen atoms in total. The number of anilines is 1. The third-order valence-electron chi connectivity index (χ3n) is 5.10. The number of carbonyl (C=O) groups excluding carboxylic acids is 2. The van der Waals surface area contributed by atoms with Crippen LogP contribution in [0.2, 0.25) is 0 Å². The summed E-state index contributed by atoms with van der Waals surface area (Å²) in [6.45, 7) is 3.09. The van der Waals surface area contributed by atoms with Crippen LogP contribution in [0.25, 0.3) is 0 Å². The lowest BCUT2D eigenvalue weighted by Crippen LogP contribution is -2.40. The summed E-state index contributed by atoms with van der Waals surface area (Å²) in [5.41, 5.74) is 0.938. The van der Waals surface area contributed by atoms with E-state index in [2.05, 4.69) is 5.32 Å². The minimum absolute atomic E-state index is 0.0710. The van der Waals surface area contributed by atoms with Crippen LogP contribution in [0.5, 0.6) is 11.5 Å². The van der Waals surface area contributed by atoms with Gasteiger partial charge in [0.25, 0.3) is 0 Å². The molecule has 1 heterocycles. The normalized spacial score (nSPS) is 14.5. The van der Waals surface area contributed by atoms with Crippen molar-refractivity contribution < 1.29 is 32.2 Å². The van der Waals surface area contributed by atoms with Gasteiger partial charge in [-0.15, -0.1) is 0 Å². The number of methoxy groups -OCH3 is 1. The SMILES string of the molecule is COc1cc(C(C)=O)ccc1OCCCC(=O)Nc1cccc(S(=O)(=O)N2CCOCC2)c1. The van der Waals surface area contributed by atoms with Crippen LogP contribution in [0.15, 0.2) is 47.4 Å². The van der Waals surface area contributed by atoms with E-state index in [1.54, 1.807) is 30.3 Å². The van der Waals surface area contributed by atoms with Crippen LogP contribution in [0.1, 0.15) is 30.1 Å². The first kappa shape index (κ1) is 24.7. The summed E-state index contributed by atoms with van der Waals surface area (Å²) < 4.78 is 43.1. The molecule has 0 bridgehead atoms. The summed E-state index contributed by atoms with van der Waals surface area (Å²) in [6.07, 6.45) is 0.628. The summed E-state index contributed by atoms with van der Waals surface area (Å²) in [5.74, 6) is 0.617. The van der Waals surface area contributed by atoms with Gasteiger partial charge in [0.15, 0.2) is 17.3 Å². The maximum atomic E-state index is 12.8. The van der Waals surface area contributed by atoms with Crippen molar-refractivity contribution in [3.8, 4) is 11.5 Å². The fourth-order valence-electron chi connectivity index (χ4n) is 3.31. The molecule has 0 spiro atoms. The first-order valence-electron chi connectivity index (χ1n) is 10.6. The number of ether oxygens (including phenoxy) is 3. The van der Waals surface area contributed by atoms with Gasteiger partial charge in [0.1, 0.15) is 0 Å². The Morgan fingerprint density at radius 1 is 1.09 bits per heavy atom. The van der Waals surface area contributed by atoms with Crippen LogP contribution in [0, 0.1) is 0 Å². The molecule has 1 fully saturated rings. The Balaban J connectivity index is 1.51. The van der Waals surface area contributed by atoms with E-state index in [1.165, 1.54) is 30.5 Å². The molecule has 0 atom stereocenters. The first-order chi connectivity index (χ1) is 15.8. The highest BCUT2D eigenvalue weighted by molar-refractivity contribution is 7.89. The number of morpholine rings is 1. The number of benzene rings is 2. The van der Waals surface area contributed by atoms with Crippen LogP contribution >= 0.6 is 0 Å². The van der Waals surface area contributed by atoms with Crippen molar-refractivity contribution in [2.45, 2.75) is 24.7 Å². The van der Waals surface area contributed by atoms with Gasteiger partial charge in [-0.25, -0.2) is 8.42 Å². The number of nitrogens with zero attached hydrogens (tertiary/aromatic N) is 1. The Morgan fingerprint density at radius 3 is 2.55 bits per heavy atom. The molecule has 1 N–H and O–H groups in total. The van der Waals surface area contributed by atoms with Gasteiger partial charge in [-0.05, 0) is 49.7 Å². The van der Waals surface area contributed by atoms with E-state index in [0.29, 0.717) is 55.5 Å². The van der Waals surface area contributed by atoms with Crippen LogP contribution in [-0.4, -0.2) is 64.4 Å². The smallest absolute Gasteiger partial charge is 0.243 e. The number of nitrogens with one attached hydrogen (secondary N) is 1. The number of hydrogen-bond donors (Lipinski definition) is 1. The minimum atomic E-state index is -3.64. The third-order valence-corrected chi connectivity index (χ3v) is 7.00. The number of rotatable bonds is 10. The lowest BCUT2D eigenvalue weighted by molar-refractivity contribution is -0.116. The van der Waals surface area contributed by atoms with Crippen molar-refractivity contribution >= 4 is 27.4 Å². The van der Waals surface area contributed by atoms with E-state index in [9.17, 15) is 18.0 Å². The lowest BCUT2D eigenvalue weighted by atomic mass is 10.1. The van der Waals surface area contributed by atoms with Gasteiger partial charge >= 0.3 is 0 Å². The zero-order chi connectivity index (χ0) is 23.8. The maximum Gasteiger partial charge on any atom is 0.243 e. The monoisotopic (exact) mass is 476 g/mol. The average molecular weight is 477 g/mol. The van der Waals surface area contributed by atoms with Crippen LogP contribution in [-0.2, 0) is 19.6 Å². The average Bonchev–Trinajstić information content (AvgIpc) is 2.82. The molecular weight excluding hydrogens is 448 g/mol. The number of amides is 1. The molecule has 1 aliphatic rings. The quantitative estimate of drug-likeness (QED) is 0.415. The zero-order valence-electron chi connectivity index (χ0n) is 18.7. The third kappa shape index (κ3) is 6.53. The number of Topliss-reactive ketones (excluding diaryl/α,β-unsaturated/α-hetero) is 1. The van der Waals surface area contributed by atoms with Gasteiger partial charge < -0.3 is 19.5 Å². The maximum absolute atomic E-state index is 12.8. The molecule has 0 saturated carbocycles. The van der Waals surface area contributed by atoms with Crippen molar-refractivity contribution in [3.05, 3.63) is 48.0 Å². The van der Waals surface area contributed by atoms with E-state index in [-0.39, 0.29) is 29.6 Å². The summed E-state index contributed by atoms with van der Waals surface area (Å²) in [7, 11) is -2.14. The van der Waals surface area contributed by atoms with Crippen LogP contribution < -0.4 is 14.8 Å². The molecular formula is C23H28N2O7S. The molecule has 1 saturated heterocycles. The number of ketones is 1. The van der Waals surface area contributed by atoms with Gasteiger partial charge in [-0.2, -0.15) is 4.31 Å².